The van der Waals surface area contributed by atoms with E-state index in [2.05, 4.69) is 42.2 Å². The third-order valence-corrected chi connectivity index (χ3v) is 4.71. The van der Waals surface area contributed by atoms with Crippen LogP contribution in [-0.4, -0.2) is 20.8 Å². The van der Waals surface area contributed by atoms with Crippen LogP contribution >= 0.6 is 0 Å². The van der Waals surface area contributed by atoms with E-state index in [0.29, 0.717) is 12.1 Å². The largest absolute Gasteiger partial charge is 0.381 e. The van der Waals surface area contributed by atoms with E-state index in [0.717, 1.165) is 22.6 Å². The van der Waals surface area contributed by atoms with Crippen LogP contribution in [0.15, 0.2) is 18.5 Å². The van der Waals surface area contributed by atoms with Gasteiger partial charge >= 0.3 is 0 Å². The van der Waals surface area contributed by atoms with Gasteiger partial charge in [0.2, 0.25) is 0 Å². The second-order valence-corrected chi connectivity index (χ2v) is 6.52. The van der Waals surface area contributed by atoms with Crippen molar-refractivity contribution in [1.82, 2.24) is 14.8 Å². The summed E-state index contributed by atoms with van der Waals surface area (Å²) in [5.74, 6) is 0.799. The molecule has 4 nitrogen and oxygen atoms in total. The quantitative estimate of drug-likeness (QED) is 0.906. The number of nitrogens with zero attached hydrogens (tertiary/aromatic N) is 3. The molecule has 2 unspecified atom stereocenters. The first-order valence-corrected chi connectivity index (χ1v) is 8.29. The fraction of sp³-hybridized carbons (Fsp3) is 0.647. The van der Waals surface area contributed by atoms with Crippen molar-refractivity contribution in [3.8, 4) is 0 Å². The Morgan fingerprint density at radius 1 is 1.29 bits per heavy atom. The zero-order chi connectivity index (χ0) is 14.8. The molecule has 0 aliphatic heterocycles. The highest BCUT2D eigenvalue weighted by Crippen LogP contribution is 2.30. The van der Waals surface area contributed by atoms with E-state index < -0.39 is 0 Å². The Morgan fingerprint density at radius 2 is 2.10 bits per heavy atom. The Bertz CT molecular complexity index is 602. The van der Waals surface area contributed by atoms with Crippen LogP contribution in [0.25, 0.3) is 11.0 Å². The van der Waals surface area contributed by atoms with Crippen molar-refractivity contribution in [2.75, 3.05) is 5.32 Å². The monoisotopic (exact) mass is 286 g/mol. The molecule has 2 aromatic heterocycles. The Hall–Kier alpha value is -1.58. The van der Waals surface area contributed by atoms with E-state index in [-0.39, 0.29) is 0 Å². The molecule has 1 N–H and O–H groups in total. The minimum atomic E-state index is 0.344. The molecule has 114 valence electrons. The lowest BCUT2D eigenvalue weighted by Gasteiger charge is -2.32. The third-order valence-electron chi connectivity index (χ3n) is 4.71. The molecule has 2 aromatic rings. The molecule has 2 atom stereocenters. The lowest BCUT2D eigenvalue weighted by Crippen LogP contribution is -2.31. The van der Waals surface area contributed by atoms with E-state index in [1.165, 1.54) is 32.1 Å². The number of hydrogen-bond donors (Lipinski definition) is 1. The average Bonchev–Trinajstić information content (AvgIpc) is 2.91. The average molecular weight is 286 g/mol. The van der Waals surface area contributed by atoms with Gasteiger partial charge in [0.05, 0.1) is 18.1 Å². The number of pyridine rings is 1. The van der Waals surface area contributed by atoms with Crippen LogP contribution in [0.1, 0.15) is 58.9 Å². The van der Waals surface area contributed by atoms with Crippen LogP contribution in [0.5, 0.6) is 0 Å². The highest BCUT2D eigenvalue weighted by atomic mass is 15.3. The molecule has 0 radical (unpaired) electrons. The molecule has 2 heterocycles. The molecule has 21 heavy (non-hydrogen) atoms. The van der Waals surface area contributed by atoms with Gasteiger partial charge in [-0.25, -0.2) is 9.67 Å². The molecule has 1 aliphatic rings. The zero-order valence-corrected chi connectivity index (χ0v) is 13.3. The second-order valence-electron chi connectivity index (χ2n) is 6.52. The zero-order valence-electron chi connectivity index (χ0n) is 13.3. The molecule has 1 saturated carbocycles. The van der Waals surface area contributed by atoms with Gasteiger partial charge < -0.3 is 5.32 Å². The summed E-state index contributed by atoms with van der Waals surface area (Å²) in [4.78, 5) is 4.62. The lowest BCUT2D eigenvalue weighted by molar-refractivity contribution is 0.317. The van der Waals surface area contributed by atoms with Gasteiger partial charge in [0.1, 0.15) is 0 Å². The molecular formula is C17H26N4. The van der Waals surface area contributed by atoms with Gasteiger partial charge in [0, 0.05) is 17.5 Å². The number of nitrogens with one attached hydrogen (secondary N) is 1. The van der Waals surface area contributed by atoms with Gasteiger partial charge in [-0.05, 0) is 38.7 Å². The number of rotatable bonds is 4. The molecule has 3 rings (SSSR count). The molecule has 0 spiro atoms. The van der Waals surface area contributed by atoms with E-state index >= 15 is 0 Å². The molecule has 0 bridgehead atoms. The van der Waals surface area contributed by atoms with E-state index in [9.17, 15) is 0 Å². The van der Waals surface area contributed by atoms with Crippen molar-refractivity contribution in [1.29, 1.82) is 0 Å². The van der Waals surface area contributed by atoms with Gasteiger partial charge in [-0.3, -0.25) is 0 Å². The van der Waals surface area contributed by atoms with Crippen molar-refractivity contribution in [3.63, 3.8) is 0 Å². The fourth-order valence-electron chi connectivity index (χ4n) is 3.50. The number of hydrogen-bond acceptors (Lipinski definition) is 3. The van der Waals surface area contributed by atoms with Gasteiger partial charge in [0.25, 0.3) is 0 Å². The molecule has 4 heteroatoms. The van der Waals surface area contributed by atoms with Crippen molar-refractivity contribution in [3.05, 3.63) is 18.5 Å². The highest BCUT2D eigenvalue weighted by molar-refractivity contribution is 5.78. The summed E-state index contributed by atoms with van der Waals surface area (Å²) in [7, 11) is 0. The predicted molar refractivity (Wildman–Crippen MR) is 87.6 cm³/mol. The van der Waals surface area contributed by atoms with Crippen LogP contribution in [0.4, 0.5) is 5.69 Å². The first-order chi connectivity index (χ1) is 10.2. The summed E-state index contributed by atoms with van der Waals surface area (Å²) in [5, 5.41) is 9.28. The van der Waals surface area contributed by atoms with Crippen LogP contribution in [0.2, 0.25) is 0 Å². The van der Waals surface area contributed by atoms with Crippen LogP contribution < -0.4 is 5.32 Å². The molecule has 0 saturated heterocycles. The van der Waals surface area contributed by atoms with Crippen LogP contribution in [-0.2, 0) is 0 Å². The van der Waals surface area contributed by atoms with Gasteiger partial charge in [-0.2, -0.15) is 5.10 Å². The topological polar surface area (TPSA) is 42.7 Å². The Labute approximate surface area is 126 Å². The lowest BCUT2D eigenvalue weighted by atomic mass is 9.83. The maximum Gasteiger partial charge on any atom is 0.158 e. The van der Waals surface area contributed by atoms with Crippen molar-refractivity contribution in [2.45, 2.75) is 65.0 Å². The van der Waals surface area contributed by atoms with Crippen LogP contribution in [0.3, 0.4) is 0 Å². The Balaban J connectivity index is 1.81. The molecular weight excluding hydrogens is 260 g/mol. The van der Waals surface area contributed by atoms with E-state index in [1.54, 1.807) is 0 Å². The second kappa shape index (κ2) is 6.04. The van der Waals surface area contributed by atoms with Gasteiger partial charge in [-0.15, -0.1) is 0 Å². The van der Waals surface area contributed by atoms with E-state index in [1.807, 2.05) is 17.1 Å². The minimum Gasteiger partial charge on any atom is -0.381 e. The smallest absolute Gasteiger partial charge is 0.158 e. The molecule has 1 aliphatic carbocycles. The number of fused-ring (bicyclic) bond motifs is 1. The van der Waals surface area contributed by atoms with Crippen LogP contribution in [0, 0.1) is 5.92 Å². The fourth-order valence-corrected chi connectivity index (χ4v) is 3.50. The summed E-state index contributed by atoms with van der Waals surface area (Å²) < 4.78 is 1.98. The van der Waals surface area contributed by atoms with Crippen molar-refractivity contribution < 1.29 is 0 Å². The molecule has 0 aromatic carbocycles. The first-order valence-electron chi connectivity index (χ1n) is 8.29. The minimum absolute atomic E-state index is 0.344. The van der Waals surface area contributed by atoms with Gasteiger partial charge in [-0.1, -0.05) is 26.2 Å². The van der Waals surface area contributed by atoms with Gasteiger partial charge in [0.15, 0.2) is 5.65 Å². The maximum absolute atomic E-state index is 4.62. The summed E-state index contributed by atoms with van der Waals surface area (Å²) in [5.41, 5.74) is 2.11. The predicted octanol–water partition coefficient (Wildman–Crippen LogP) is 4.39. The SMILES string of the molecule is CCC1CCCCC1Nc1cnc2c(cnn2C(C)C)c1. The third kappa shape index (κ3) is 2.89. The maximum atomic E-state index is 4.62. The van der Waals surface area contributed by atoms with E-state index in [4.69, 9.17) is 0 Å². The Kier molecular flexibility index (Phi) is 4.13. The Morgan fingerprint density at radius 3 is 2.86 bits per heavy atom. The molecule has 0 amide bonds. The first kappa shape index (κ1) is 14.4. The highest BCUT2D eigenvalue weighted by Gasteiger charge is 2.23. The van der Waals surface area contributed by atoms with Crippen molar-refractivity contribution in [2.24, 2.45) is 5.92 Å². The summed E-state index contributed by atoms with van der Waals surface area (Å²) in [6.45, 7) is 6.57. The van der Waals surface area contributed by atoms with Crippen molar-refractivity contribution >= 4 is 16.7 Å². The molecule has 1 fully saturated rings. The summed E-state index contributed by atoms with van der Waals surface area (Å²) in [6, 6.07) is 3.13. The standard InChI is InChI=1S/C17H26N4/c1-4-13-7-5-6-8-16(13)20-15-9-14-10-19-21(12(2)3)17(14)18-11-15/h9-13,16,20H,4-8H2,1-3H3. The normalized spacial score (nSPS) is 22.9. The summed E-state index contributed by atoms with van der Waals surface area (Å²) >= 11 is 0. The number of aromatic nitrogens is 3. The number of anilines is 1. The summed E-state index contributed by atoms with van der Waals surface area (Å²) in [6.07, 6.45) is 10.5.